The number of hydrogen-bond donors (Lipinski definition) is 3. The molecule has 3 saturated heterocycles. The number of hydroxylamine groups is 2. The van der Waals surface area contributed by atoms with E-state index in [0.29, 0.717) is 12.8 Å². The third-order valence-corrected chi connectivity index (χ3v) is 11.3. The molecule has 13 heteroatoms. The van der Waals surface area contributed by atoms with Gasteiger partial charge in [0, 0.05) is 39.3 Å². The van der Waals surface area contributed by atoms with Crippen LogP contribution in [0.2, 0.25) is 0 Å². The van der Waals surface area contributed by atoms with Crippen LogP contribution >= 0.6 is 0 Å². The van der Waals surface area contributed by atoms with Gasteiger partial charge >= 0.3 is 5.97 Å². The fourth-order valence-corrected chi connectivity index (χ4v) is 8.97. The Hall–Kier alpha value is -4.63. The predicted molar refractivity (Wildman–Crippen MR) is 193 cm³/mol. The minimum absolute atomic E-state index is 0.0229. The van der Waals surface area contributed by atoms with Crippen LogP contribution in [-0.2, 0) is 64.0 Å². The van der Waals surface area contributed by atoms with Gasteiger partial charge in [-0.25, -0.2) is 0 Å². The van der Waals surface area contributed by atoms with Crippen LogP contribution in [0, 0.1) is 5.41 Å². The van der Waals surface area contributed by atoms with E-state index in [2.05, 4.69) is 17.4 Å². The monoisotopic (exact) mass is 739 g/mol. The quantitative estimate of drug-likeness (QED) is 0.134. The van der Waals surface area contributed by atoms with Crippen LogP contribution in [0.1, 0.15) is 34.2 Å². The molecule has 4 fully saturated rings. The minimum atomic E-state index is -1.49. The number of hydrogen-bond acceptors (Lipinski definition) is 11. The van der Waals surface area contributed by atoms with Gasteiger partial charge in [0.25, 0.3) is 0 Å². The molecule has 3 aromatic rings. The lowest BCUT2D eigenvalue weighted by Crippen LogP contribution is -2.70. The van der Waals surface area contributed by atoms with Gasteiger partial charge in [-0.3, -0.25) is 19.2 Å². The number of carbonyl (C=O) groups is 3. The van der Waals surface area contributed by atoms with Crippen LogP contribution < -0.4 is 5.32 Å². The van der Waals surface area contributed by atoms with Crippen molar-refractivity contribution in [2.75, 3.05) is 33.4 Å². The molecule has 2 bridgehead atoms. The van der Waals surface area contributed by atoms with E-state index in [1.54, 1.807) is 13.1 Å². The third-order valence-electron chi connectivity index (χ3n) is 11.3. The number of likely N-dealkylation sites (N-methyl/N-ethyl adjacent to an activating group) is 1. The summed E-state index contributed by atoms with van der Waals surface area (Å²) in [7, 11) is 1.59. The lowest BCUT2D eigenvalue weighted by Gasteiger charge is -2.50. The lowest BCUT2D eigenvalue weighted by atomic mass is 9.62. The zero-order chi connectivity index (χ0) is 37.5. The molecule has 2 amide bonds. The highest BCUT2D eigenvalue weighted by atomic mass is 16.8. The van der Waals surface area contributed by atoms with Crippen LogP contribution in [0.3, 0.4) is 0 Å². The fraction of sp³-hybridized carbons (Fsp3) is 0.439. The summed E-state index contributed by atoms with van der Waals surface area (Å²) < 4.78 is 25.1. The zero-order valence-electron chi connectivity index (χ0n) is 30.0. The standard InChI is InChI=1S/C41H45N3O10/c1-43(31(37(47)42-15-16-45)21-26-8-3-2-4-9-26)39(49)41-24-32-33-34(53-40(52-33)22-29-12-5-6-13-30(29)23-40)36(41)54-44(35(41)38(48)51-32)25-28-11-7-10-27(20-28)14-18-50-19-17-46/h2-14,18,20,31-36,45-46H,15-17,19,21-25H2,1H3,(H,42,47)/t31-,32-,33+,34+,35+,36-,41+/m1/s1. The lowest BCUT2D eigenvalue weighted by molar-refractivity contribution is -0.218. The molecule has 3 aliphatic heterocycles. The molecule has 3 heterocycles. The summed E-state index contributed by atoms with van der Waals surface area (Å²) in [6, 6.07) is 23.0. The molecule has 2 aliphatic carbocycles. The normalized spacial score (nSPS) is 28.1. The van der Waals surface area contributed by atoms with Crippen molar-refractivity contribution in [1.82, 2.24) is 15.3 Å². The molecule has 5 aliphatic rings. The number of amides is 2. The summed E-state index contributed by atoms with van der Waals surface area (Å²) in [5.41, 5.74) is 3.21. The van der Waals surface area contributed by atoms with Gasteiger partial charge < -0.3 is 39.4 Å². The first kappa shape index (κ1) is 36.4. The number of benzene rings is 3. The summed E-state index contributed by atoms with van der Waals surface area (Å²) in [4.78, 5) is 51.7. The minimum Gasteiger partial charge on any atom is -0.499 e. The van der Waals surface area contributed by atoms with E-state index in [1.807, 2.05) is 66.7 Å². The maximum atomic E-state index is 15.4. The van der Waals surface area contributed by atoms with Crippen LogP contribution in [-0.4, -0.2) is 114 Å². The van der Waals surface area contributed by atoms with Gasteiger partial charge in [-0.2, -0.15) is 5.06 Å². The number of fused-ring (bicyclic) bond motifs is 5. The Labute approximate surface area is 313 Å². The Balaban J connectivity index is 1.16. The third kappa shape index (κ3) is 6.48. The van der Waals surface area contributed by atoms with Gasteiger partial charge in [0.05, 0.1) is 26.0 Å². The highest BCUT2D eigenvalue weighted by Crippen LogP contribution is 2.59. The second-order valence-corrected chi connectivity index (χ2v) is 14.7. The Morgan fingerprint density at radius 1 is 0.981 bits per heavy atom. The van der Waals surface area contributed by atoms with Gasteiger partial charge in [-0.05, 0) is 33.9 Å². The van der Waals surface area contributed by atoms with Crippen molar-refractivity contribution >= 4 is 23.9 Å². The molecule has 3 N–H and O–H groups in total. The number of aliphatic hydroxyl groups excluding tert-OH is 2. The largest absolute Gasteiger partial charge is 0.499 e. The molecule has 54 heavy (non-hydrogen) atoms. The highest BCUT2D eigenvalue weighted by Gasteiger charge is 2.77. The summed E-state index contributed by atoms with van der Waals surface area (Å²) in [6.45, 7) is -0.0280. The molecule has 0 aromatic heterocycles. The molecular weight excluding hydrogens is 694 g/mol. The van der Waals surface area contributed by atoms with Gasteiger partial charge in [0.1, 0.15) is 42.5 Å². The van der Waals surface area contributed by atoms with Crippen molar-refractivity contribution in [3.05, 3.63) is 113 Å². The van der Waals surface area contributed by atoms with Crippen LogP contribution in [0.25, 0.3) is 6.08 Å². The van der Waals surface area contributed by atoms with E-state index in [0.717, 1.165) is 27.8 Å². The van der Waals surface area contributed by atoms with Gasteiger partial charge in [-0.15, -0.1) is 0 Å². The smallest absolute Gasteiger partial charge is 0.327 e. The Kier molecular flexibility index (Phi) is 10.0. The van der Waals surface area contributed by atoms with Gasteiger partial charge in [0.15, 0.2) is 11.8 Å². The zero-order valence-corrected chi connectivity index (χ0v) is 30.0. The Morgan fingerprint density at radius 3 is 2.44 bits per heavy atom. The highest BCUT2D eigenvalue weighted by molar-refractivity contribution is 5.96. The fourth-order valence-electron chi connectivity index (χ4n) is 8.97. The number of ether oxygens (including phenoxy) is 4. The van der Waals surface area contributed by atoms with Crippen LogP contribution in [0.4, 0.5) is 0 Å². The first-order chi connectivity index (χ1) is 26.2. The Bertz CT molecular complexity index is 1880. The summed E-state index contributed by atoms with van der Waals surface area (Å²) >= 11 is 0. The van der Waals surface area contributed by atoms with Crippen molar-refractivity contribution < 1.29 is 48.4 Å². The molecule has 1 spiro atoms. The van der Waals surface area contributed by atoms with Crippen molar-refractivity contribution in [3.8, 4) is 0 Å². The second kappa shape index (κ2) is 14.9. The summed E-state index contributed by atoms with van der Waals surface area (Å²) in [6.07, 6.45) is 1.44. The summed E-state index contributed by atoms with van der Waals surface area (Å²) in [5, 5.41) is 22.9. The van der Waals surface area contributed by atoms with Crippen molar-refractivity contribution in [2.24, 2.45) is 5.41 Å². The average Bonchev–Trinajstić information content (AvgIpc) is 3.86. The van der Waals surface area contributed by atoms with E-state index in [9.17, 15) is 14.7 Å². The van der Waals surface area contributed by atoms with Gasteiger partial charge in [0.2, 0.25) is 11.8 Å². The first-order valence-corrected chi connectivity index (χ1v) is 18.5. The van der Waals surface area contributed by atoms with Crippen LogP contribution in [0.5, 0.6) is 0 Å². The van der Waals surface area contributed by atoms with E-state index in [-0.39, 0.29) is 45.8 Å². The molecule has 3 aromatic carbocycles. The maximum Gasteiger partial charge on any atom is 0.327 e. The maximum absolute atomic E-state index is 15.4. The van der Waals surface area contributed by atoms with Gasteiger partial charge in [-0.1, -0.05) is 78.9 Å². The molecule has 0 unspecified atom stereocenters. The van der Waals surface area contributed by atoms with Crippen LogP contribution in [0.15, 0.2) is 85.1 Å². The first-order valence-electron chi connectivity index (χ1n) is 18.5. The molecule has 13 nitrogen and oxygen atoms in total. The average molecular weight is 740 g/mol. The van der Waals surface area contributed by atoms with E-state index < -0.39 is 65.5 Å². The van der Waals surface area contributed by atoms with Crippen molar-refractivity contribution in [3.63, 3.8) is 0 Å². The second-order valence-electron chi connectivity index (χ2n) is 14.7. The molecular formula is C41H45N3O10. The molecule has 1 saturated carbocycles. The predicted octanol–water partition coefficient (Wildman–Crippen LogP) is 1.92. The van der Waals surface area contributed by atoms with E-state index in [1.165, 1.54) is 16.2 Å². The van der Waals surface area contributed by atoms with Crippen molar-refractivity contribution in [1.29, 1.82) is 0 Å². The number of nitrogens with zero attached hydrogens (tertiary/aromatic N) is 2. The van der Waals surface area contributed by atoms with E-state index >= 15 is 4.79 Å². The molecule has 284 valence electrons. The molecule has 8 rings (SSSR count). The number of aliphatic hydroxyl groups is 2. The SMILES string of the molecule is CN(C(=O)[C@@]12C[C@H]3OC(=O)[C@@H]1N(Cc1cccc(C=COCCO)c1)O[C@@H]2[C@H]1OC2(Cc4ccccc4C2)O[C@H]13)[C@H](Cc1ccccc1)C(=O)NCCO. The van der Waals surface area contributed by atoms with Crippen molar-refractivity contribution in [2.45, 2.75) is 74.5 Å². The topological polar surface area (TPSA) is 156 Å². The number of carbonyl (C=O) groups excluding carboxylic acids is 3. The Morgan fingerprint density at radius 2 is 1.70 bits per heavy atom. The summed E-state index contributed by atoms with van der Waals surface area (Å²) in [5.74, 6) is -2.47. The van der Waals surface area contributed by atoms with E-state index in [4.69, 9.17) is 28.9 Å². The number of rotatable bonds is 13. The molecule has 0 radical (unpaired) electrons. The number of esters is 1. The molecule has 7 atom stereocenters. The number of nitrogens with one attached hydrogen (secondary N) is 1.